The van der Waals surface area contributed by atoms with E-state index in [1.807, 2.05) is 24.3 Å². The maximum absolute atomic E-state index is 12.0. The van der Waals surface area contributed by atoms with E-state index in [0.717, 1.165) is 11.2 Å². The molecule has 3 rings (SSSR count). The second-order valence-corrected chi connectivity index (χ2v) is 4.65. The molecule has 0 saturated heterocycles. The average Bonchev–Trinajstić information content (AvgIpc) is 2.99. The van der Waals surface area contributed by atoms with Gasteiger partial charge in [-0.05, 0) is 29.8 Å². The Kier molecular flexibility index (Phi) is 4.17. The van der Waals surface area contributed by atoms with Crippen molar-refractivity contribution in [3.63, 3.8) is 0 Å². The van der Waals surface area contributed by atoms with Crippen LogP contribution in [0.3, 0.4) is 0 Å². The van der Waals surface area contributed by atoms with Gasteiger partial charge < -0.3 is 4.74 Å². The number of pyridine rings is 1. The summed E-state index contributed by atoms with van der Waals surface area (Å²) in [6, 6.07) is 10.9. The number of aromatic nitrogens is 3. The van der Waals surface area contributed by atoms with Crippen molar-refractivity contribution in [2.24, 2.45) is 5.11 Å². The zero-order valence-corrected chi connectivity index (χ0v) is 12.0. The minimum Gasteiger partial charge on any atom is -0.456 e. The maximum atomic E-state index is 12.0. The van der Waals surface area contributed by atoms with Gasteiger partial charge in [0.25, 0.3) is 0 Å². The van der Waals surface area contributed by atoms with Gasteiger partial charge in [0.2, 0.25) is 0 Å². The van der Waals surface area contributed by atoms with Crippen LogP contribution in [-0.4, -0.2) is 27.5 Å². The Morgan fingerprint density at radius 2 is 2.22 bits per heavy atom. The molecule has 1 aromatic carbocycles. The maximum Gasteiger partial charge on any atom is 0.338 e. The number of carbonyl (C=O) groups excluding carboxylic acids is 1. The summed E-state index contributed by atoms with van der Waals surface area (Å²) in [6.07, 6.45) is 3.34. The molecular formula is C15H12N6O2. The summed E-state index contributed by atoms with van der Waals surface area (Å²) in [5.41, 5.74) is 10.3. The third-order valence-electron chi connectivity index (χ3n) is 3.26. The Morgan fingerprint density at radius 3 is 3.00 bits per heavy atom. The summed E-state index contributed by atoms with van der Waals surface area (Å²) in [5.74, 6) is -0.555. The van der Waals surface area contributed by atoms with E-state index in [1.54, 1.807) is 29.2 Å². The van der Waals surface area contributed by atoms with Gasteiger partial charge in [-0.2, -0.15) is 5.10 Å². The van der Waals surface area contributed by atoms with Crippen molar-refractivity contribution >= 4 is 16.9 Å². The predicted molar refractivity (Wildman–Crippen MR) is 82.5 cm³/mol. The highest BCUT2D eigenvalue weighted by molar-refractivity contribution is 6.03. The van der Waals surface area contributed by atoms with Crippen LogP contribution < -0.4 is 0 Å². The molecule has 2 aromatic heterocycles. The summed E-state index contributed by atoms with van der Waals surface area (Å²) in [4.78, 5) is 18.9. The van der Waals surface area contributed by atoms with E-state index in [4.69, 9.17) is 10.3 Å². The Bertz CT molecular complexity index is 883. The largest absolute Gasteiger partial charge is 0.456 e. The van der Waals surface area contributed by atoms with Crippen molar-refractivity contribution in [1.29, 1.82) is 0 Å². The third-order valence-corrected chi connectivity index (χ3v) is 3.26. The molecule has 0 N–H and O–H groups in total. The second-order valence-electron chi connectivity index (χ2n) is 4.65. The quantitative estimate of drug-likeness (QED) is 0.312. The molecule has 0 radical (unpaired) electrons. The van der Waals surface area contributed by atoms with E-state index in [1.165, 1.54) is 0 Å². The minimum atomic E-state index is -0.555. The molecule has 0 saturated carbocycles. The van der Waals surface area contributed by atoms with Crippen LogP contribution in [0.4, 0.5) is 0 Å². The van der Waals surface area contributed by atoms with E-state index < -0.39 is 5.97 Å². The number of benzene rings is 1. The van der Waals surface area contributed by atoms with Gasteiger partial charge in [0.1, 0.15) is 0 Å². The molecule has 0 aliphatic heterocycles. The highest BCUT2D eigenvalue weighted by Gasteiger charge is 2.14. The van der Waals surface area contributed by atoms with Gasteiger partial charge >= 0.3 is 5.97 Å². The summed E-state index contributed by atoms with van der Waals surface area (Å²) in [7, 11) is 0. The lowest BCUT2D eigenvalue weighted by Crippen LogP contribution is -2.06. The number of rotatable bonds is 5. The number of hydrogen-bond acceptors (Lipinski definition) is 5. The molecule has 8 nitrogen and oxygen atoms in total. The molecule has 0 fully saturated rings. The molecule has 0 aliphatic rings. The van der Waals surface area contributed by atoms with Gasteiger partial charge in [-0.25, -0.2) is 4.79 Å². The molecule has 0 aliphatic carbocycles. The summed E-state index contributed by atoms with van der Waals surface area (Å²) >= 11 is 0. The summed E-state index contributed by atoms with van der Waals surface area (Å²) in [6.45, 7) is 0.162. The van der Waals surface area contributed by atoms with E-state index in [-0.39, 0.29) is 6.73 Å². The Balaban J connectivity index is 1.91. The molecule has 0 amide bonds. The Hall–Kier alpha value is -3.38. The van der Waals surface area contributed by atoms with E-state index in [0.29, 0.717) is 17.5 Å². The van der Waals surface area contributed by atoms with Crippen molar-refractivity contribution in [1.82, 2.24) is 14.8 Å². The zero-order valence-electron chi connectivity index (χ0n) is 12.0. The monoisotopic (exact) mass is 308 g/mol. The smallest absolute Gasteiger partial charge is 0.338 e. The molecule has 8 heteroatoms. The van der Waals surface area contributed by atoms with Crippen molar-refractivity contribution in [2.75, 3.05) is 6.73 Å². The van der Waals surface area contributed by atoms with E-state index >= 15 is 0 Å². The van der Waals surface area contributed by atoms with E-state index in [2.05, 4.69) is 20.1 Å². The lowest BCUT2D eigenvalue weighted by Gasteiger charge is -2.05. The average molecular weight is 308 g/mol. The van der Waals surface area contributed by atoms with Gasteiger partial charge in [0.05, 0.1) is 29.5 Å². The molecule has 23 heavy (non-hydrogen) atoms. The fourth-order valence-electron chi connectivity index (χ4n) is 2.24. The van der Waals surface area contributed by atoms with Crippen LogP contribution in [0.1, 0.15) is 16.1 Å². The van der Waals surface area contributed by atoms with Crippen LogP contribution in [0.5, 0.6) is 0 Å². The normalized spacial score (nSPS) is 10.3. The third kappa shape index (κ3) is 3.12. The van der Waals surface area contributed by atoms with Crippen LogP contribution in [-0.2, 0) is 11.3 Å². The van der Waals surface area contributed by atoms with Crippen molar-refractivity contribution in [3.8, 4) is 0 Å². The highest BCUT2D eigenvalue weighted by atomic mass is 16.5. The lowest BCUT2D eigenvalue weighted by molar-refractivity contribution is 0.0518. The first-order valence-electron chi connectivity index (χ1n) is 6.82. The van der Waals surface area contributed by atoms with Crippen molar-refractivity contribution in [3.05, 3.63) is 70.5 Å². The molecule has 114 valence electrons. The molecule has 3 aromatic rings. The van der Waals surface area contributed by atoms with Gasteiger partial charge in [0, 0.05) is 16.5 Å². The molecule has 0 bridgehead atoms. The van der Waals surface area contributed by atoms with Crippen LogP contribution in [0.15, 0.2) is 53.9 Å². The number of nitrogens with zero attached hydrogens (tertiary/aromatic N) is 6. The minimum absolute atomic E-state index is 0.339. The Morgan fingerprint density at radius 1 is 1.30 bits per heavy atom. The molecular weight excluding hydrogens is 296 g/mol. The Labute approximate surface area is 131 Å². The second kappa shape index (κ2) is 6.59. The SMILES string of the molecule is [N-]=[N+]=NCOC(=O)c1cccc2c1cnn2Cc1ccccn1. The zero-order chi connectivity index (χ0) is 16.1. The number of azide groups is 1. The first-order valence-corrected chi connectivity index (χ1v) is 6.82. The molecule has 0 atom stereocenters. The van der Waals surface area contributed by atoms with Crippen molar-refractivity contribution in [2.45, 2.75) is 6.54 Å². The number of fused-ring (bicyclic) bond motifs is 1. The molecule has 0 spiro atoms. The predicted octanol–water partition coefficient (Wildman–Crippen LogP) is 2.90. The molecule has 2 heterocycles. The van der Waals surface area contributed by atoms with Gasteiger partial charge in [-0.1, -0.05) is 17.2 Å². The lowest BCUT2D eigenvalue weighted by atomic mass is 10.1. The van der Waals surface area contributed by atoms with E-state index in [9.17, 15) is 4.79 Å². The first-order chi connectivity index (χ1) is 11.3. The van der Waals surface area contributed by atoms with Gasteiger partial charge in [-0.15, -0.1) is 0 Å². The first kappa shape index (κ1) is 14.6. The highest BCUT2D eigenvalue weighted by Crippen LogP contribution is 2.20. The number of ether oxygens (including phenoxy) is 1. The summed E-state index contributed by atoms with van der Waals surface area (Å²) in [5, 5.41) is 8.18. The fraction of sp³-hybridized carbons (Fsp3) is 0.133. The number of hydrogen-bond donors (Lipinski definition) is 0. The van der Waals surface area contributed by atoms with Gasteiger partial charge in [-0.3, -0.25) is 9.67 Å². The summed E-state index contributed by atoms with van der Waals surface area (Å²) < 4.78 is 6.66. The standard InChI is InChI=1S/C15H12N6O2/c16-20-18-10-23-15(22)12-5-3-6-14-13(12)8-19-21(14)9-11-4-1-2-7-17-11/h1-8H,9-10H2. The topological polar surface area (TPSA) is 106 Å². The molecule has 0 unspecified atom stereocenters. The fourth-order valence-corrected chi connectivity index (χ4v) is 2.24. The van der Waals surface area contributed by atoms with Crippen LogP contribution in [0.25, 0.3) is 21.3 Å². The number of esters is 1. The van der Waals surface area contributed by atoms with Crippen LogP contribution in [0, 0.1) is 0 Å². The van der Waals surface area contributed by atoms with Gasteiger partial charge in [0.15, 0.2) is 6.73 Å². The van der Waals surface area contributed by atoms with Crippen molar-refractivity contribution < 1.29 is 9.53 Å². The van der Waals surface area contributed by atoms with Crippen LogP contribution >= 0.6 is 0 Å². The number of carbonyl (C=O) groups is 1. The van der Waals surface area contributed by atoms with Crippen LogP contribution in [0.2, 0.25) is 0 Å².